The zero-order chi connectivity index (χ0) is 19.7. The van der Waals surface area contributed by atoms with Crippen LogP contribution in [0.3, 0.4) is 0 Å². The highest BCUT2D eigenvalue weighted by atomic mass is 79.9. The Labute approximate surface area is 175 Å². The Morgan fingerprint density at radius 2 is 1.82 bits per heavy atom. The topological polar surface area (TPSA) is 35.7 Å². The number of halogens is 1. The van der Waals surface area contributed by atoms with Gasteiger partial charge < -0.3 is 9.84 Å². The second-order valence-corrected chi connectivity index (χ2v) is 8.51. The molecule has 2 aromatic rings. The fourth-order valence-corrected chi connectivity index (χ4v) is 4.81. The lowest BCUT2D eigenvalue weighted by atomic mass is 9.93. The van der Waals surface area contributed by atoms with Crippen molar-refractivity contribution in [2.45, 2.75) is 51.3 Å². The van der Waals surface area contributed by atoms with Gasteiger partial charge in [-0.15, -0.1) is 0 Å². The number of amidine groups is 1. The first-order valence-corrected chi connectivity index (χ1v) is 11.0. The Balaban J connectivity index is 1.82. The van der Waals surface area contributed by atoms with Crippen LogP contribution in [0.4, 0.5) is 5.69 Å². The Bertz CT molecular complexity index is 863. The van der Waals surface area contributed by atoms with Crippen molar-refractivity contribution in [1.29, 1.82) is 0 Å². The Hall–Kier alpha value is -1.85. The normalized spacial score (nSPS) is 24.9. The molecule has 0 spiro atoms. The molecule has 2 aliphatic rings. The Morgan fingerprint density at radius 1 is 1.11 bits per heavy atom. The van der Waals surface area contributed by atoms with E-state index in [1.165, 1.54) is 18.7 Å². The van der Waals surface area contributed by atoms with E-state index >= 15 is 0 Å². The van der Waals surface area contributed by atoms with Gasteiger partial charge in [-0.05, 0) is 81.6 Å². The molecule has 2 aromatic carbocycles. The molecule has 0 saturated heterocycles. The molecule has 0 aliphatic carbocycles. The third kappa shape index (κ3) is 3.25. The van der Waals surface area contributed by atoms with Crippen LogP contribution in [0, 0.1) is 0 Å². The van der Waals surface area contributed by atoms with Gasteiger partial charge in [0.05, 0.1) is 13.2 Å². The maximum Gasteiger partial charge on any atom is 0.278 e. The summed E-state index contributed by atoms with van der Waals surface area (Å²) >= 11 is 3.53. The van der Waals surface area contributed by atoms with E-state index in [4.69, 9.17) is 4.74 Å². The highest BCUT2D eigenvalue weighted by Gasteiger charge is 2.59. The van der Waals surface area contributed by atoms with Gasteiger partial charge in [-0.3, -0.25) is 4.58 Å². The van der Waals surface area contributed by atoms with Crippen LogP contribution in [0.25, 0.3) is 0 Å². The lowest BCUT2D eigenvalue weighted by molar-refractivity contribution is -0.571. The van der Waals surface area contributed by atoms with Crippen LogP contribution in [0.1, 0.15) is 45.1 Å². The van der Waals surface area contributed by atoms with Crippen LogP contribution in [-0.4, -0.2) is 34.7 Å². The summed E-state index contributed by atoms with van der Waals surface area (Å²) in [6.07, 6.45) is 4.55. The van der Waals surface area contributed by atoms with Gasteiger partial charge in [0.25, 0.3) is 11.6 Å². The van der Waals surface area contributed by atoms with E-state index in [-0.39, 0.29) is 6.04 Å². The average Bonchev–Trinajstić information content (AvgIpc) is 2.86. The summed E-state index contributed by atoms with van der Waals surface area (Å²) in [5.74, 6) is 2.06. The van der Waals surface area contributed by atoms with Gasteiger partial charge >= 0.3 is 0 Å². The molecule has 0 radical (unpaired) electrons. The van der Waals surface area contributed by atoms with Crippen molar-refractivity contribution in [3.63, 3.8) is 0 Å². The van der Waals surface area contributed by atoms with Crippen LogP contribution in [0.2, 0.25) is 0 Å². The van der Waals surface area contributed by atoms with Crippen molar-refractivity contribution in [3.05, 3.63) is 58.6 Å². The van der Waals surface area contributed by atoms with E-state index in [1.54, 1.807) is 0 Å². The van der Waals surface area contributed by atoms with Crippen LogP contribution < -0.4 is 9.64 Å². The second kappa shape index (κ2) is 7.88. The quantitative estimate of drug-likeness (QED) is 0.683. The Kier molecular flexibility index (Phi) is 5.48. The van der Waals surface area contributed by atoms with Crippen LogP contribution in [0.15, 0.2) is 53.0 Å². The molecule has 0 aromatic heterocycles. The van der Waals surface area contributed by atoms with Crippen molar-refractivity contribution < 1.29 is 14.4 Å². The van der Waals surface area contributed by atoms with Crippen molar-refractivity contribution in [3.8, 4) is 5.75 Å². The van der Waals surface area contributed by atoms with Gasteiger partial charge in [0.15, 0.2) is 6.04 Å². The van der Waals surface area contributed by atoms with Crippen LogP contribution >= 0.6 is 15.9 Å². The fourth-order valence-electron chi connectivity index (χ4n) is 4.54. The first-order valence-electron chi connectivity index (χ1n) is 10.2. The molecule has 2 aliphatic heterocycles. The summed E-state index contributed by atoms with van der Waals surface area (Å²) in [5, 5.41) is 12.2. The molecule has 4 nitrogen and oxygen atoms in total. The molecule has 0 amide bonds. The van der Waals surface area contributed by atoms with Crippen molar-refractivity contribution in [2.75, 3.05) is 18.1 Å². The number of hydrogen-bond donors (Lipinski definition) is 1. The Morgan fingerprint density at radius 3 is 2.50 bits per heavy atom. The van der Waals surface area contributed by atoms with E-state index in [2.05, 4.69) is 44.5 Å². The highest BCUT2D eigenvalue weighted by Crippen LogP contribution is 2.42. The lowest BCUT2D eigenvalue weighted by Gasteiger charge is -2.32. The molecule has 28 heavy (non-hydrogen) atoms. The molecule has 5 heteroatoms. The zero-order valence-electron chi connectivity index (χ0n) is 16.6. The lowest BCUT2D eigenvalue weighted by Crippen LogP contribution is -2.51. The van der Waals surface area contributed by atoms with Gasteiger partial charge in [-0.2, -0.15) is 4.90 Å². The summed E-state index contributed by atoms with van der Waals surface area (Å²) in [5.41, 5.74) is 0.795. The molecule has 0 unspecified atom stereocenters. The van der Waals surface area contributed by atoms with Crippen LogP contribution in [-0.2, 0) is 5.72 Å². The number of aliphatic hydroxyl groups is 1. The smallest absolute Gasteiger partial charge is 0.278 e. The van der Waals surface area contributed by atoms with Gasteiger partial charge in [0.2, 0.25) is 0 Å². The van der Waals surface area contributed by atoms with Gasteiger partial charge in [-0.1, -0.05) is 15.9 Å². The third-order valence-corrected chi connectivity index (χ3v) is 6.48. The standard InChI is InChI=1S/C23H28BrN2O2/c1-3-28-21-14-8-18(9-15-21)23(27)17(2)25-16-6-4-5-7-22(25)26(23)20-12-10-19(24)11-13-20/h8-15,17,27H,3-7,16H2,1-2H3/q+1/t17-,23-/m0/s1. The molecular formula is C23H28BrN2O2+. The molecule has 1 N–H and O–H groups in total. The fraction of sp³-hybridized carbons (Fsp3) is 0.435. The molecule has 0 saturated carbocycles. The maximum absolute atomic E-state index is 12.2. The average molecular weight is 444 g/mol. The van der Waals surface area contributed by atoms with Gasteiger partial charge in [0, 0.05) is 16.5 Å². The maximum atomic E-state index is 12.2. The summed E-state index contributed by atoms with van der Waals surface area (Å²) in [6.45, 7) is 5.74. The molecule has 148 valence electrons. The number of rotatable bonds is 4. The summed E-state index contributed by atoms with van der Waals surface area (Å²) in [4.78, 5) is 2.16. The van der Waals surface area contributed by atoms with Gasteiger partial charge in [0.1, 0.15) is 11.4 Å². The summed E-state index contributed by atoms with van der Waals surface area (Å²) in [6, 6.07) is 16.1. The molecule has 2 atom stereocenters. The third-order valence-electron chi connectivity index (χ3n) is 5.96. The van der Waals surface area contributed by atoms with Crippen LogP contribution in [0.5, 0.6) is 5.75 Å². The first-order chi connectivity index (χ1) is 13.6. The zero-order valence-corrected chi connectivity index (χ0v) is 18.2. The van der Waals surface area contributed by atoms with E-state index in [0.29, 0.717) is 6.61 Å². The largest absolute Gasteiger partial charge is 0.494 e. The van der Waals surface area contributed by atoms with Crippen molar-refractivity contribution in [1.82, 2.24) is 0 Å². The molecule has 4 rings (SSSR count). The van der Waals surface area contributed by atoms with Gasteiger partial charge in [-0.25, -0.2) is 0 Å². The number of nitrogens with zero attached hydrogens (tertiary/aromatic N) is 2. The number of ether oxygens (including phenoxy) is 1. The molecular weight excluding hydrogens is 416 g/mol. The van der Waals surface area contributed by atoms with E-state index in [0.717, 1.165) is 40.9 Å². The van der Waals surface area contributed by atoms with Crippen molar-refractivity contribution >= 4 is 27.5 Å². The van der Waals surface area contributed by atoms with E-state index in [9.17, 15) is 5.11 Å². The SMILES string of the molecule is CCOc1ccc([C@@]2(O)[C@H](C)[N+]3=C(CCCCC3)N2c2ccc(Br)cc2)cc1. The van der Waals surface area contributed by atoms with Crippen molar-refractivity contribution in [2.24, 2.45) is 0 Å². The minimum absolute atomic E-state index is 0.0396. The first kappa shape index (κ1) is 19.5. The summed E-state index contributed by atoms with van der Waals surface area (Å²) in [7, 11) is 0. The minimum Gasteiger partial charge on any atom is -0.494 e. The molecule has 0 fully saturated rings. The van der Waals surface area contributed by atoms with E-state index in [1.807, 2.05) is 43.3 Å². The predicted octanol–water partition coefficient (Wildman–Crippen LogP) is 4.89. The minimum atomic E-state index is -1.12. The number of benzene rings is 2. The summed E-state index contributed by atoms with van der Waals surface area (Å²) < 4.78 is 9.05. The molecule has 2 heterocycles. The van der Waals surface area contributed by atoms with E-state index < -0.39 is 5.72 Å². The molecule has 0 bridgehead atoms. The number of hydrogen-bond acceptors (Lipinski definition) is 3. The number of anilines is 1. The second-order valence-electron chi connectivity index (χ2n) is 7.59. The highest BCUT2D eigenvalue weighted by molar-refractivity contribution is 9.10. The predicted molar refractivity (Wildman–Crippen MR) is 116 cm³/mol. The monoisotopic (exact) mass is 443 g/mol.